The number of piperidine rings is 1. The summed E-state index contributed by atoms with van der Waals surface area (Å²) in [4.78, 5) is 23.6. The second-order valence-electron chi connectivity index (χ2n) is 7.47. The second kappa shape index (κ2) is 10.6. The lowest BCUT2D eigenvalue weighted by atomic mass is 10.1. The van der Waals surface area contributed by atoms with Crippen LogP contribution in [0.2, 0.25) is 0 Å². The summed E-state index contributed by atoms with van der Waals surface area (Å²) in [5, 5.41) is 19.3. The number of amides is 2. The van der Waals surface area contributed by atoms with Crippen LogP contribution in [0.5, 0.6) is 0 Å². The van der Waals surface area contributed by atoms with Crippen LogP contribution in [0.4, 0.5) is 18.0 Å². The summed E-state index contributed by atoms with van der Waals surface area (Å²) in [7, 11) is 0. The molecular formula is C20H23F3N6O3S. The minimum absolute atomic E-state index is 0.320. The number of nitrogens with zero attached hydrogens (tertiary/aromatic N) is 4. The summed E-state index contributed by atoms with van der Waals surface area (Å²) in [5.74, 6) is -2.76. The molecule has 0 atom stereocenters. The van der Waals surface area contributed by atoms with Gasteiger partial charge in [-0.2, -0.15) is 13.2 Å². The van der Waals surface area contributed by atoms with Crippen molar-refractivity contribution in [3.63, 3.8) is 0 Å². The Hall–Kier alpha value is -3.19. The number of rotatable bonds is 5. The Kier molecular flexibility index (Phi) is 7.87. The Labute approximate surface area is 191 Å². The van der Waals surface area contributed by atoms with E-state index in [9.17, 15) is 18.0 Å². The zero-order valence-corrected chi connectivity index (χ0v) is 18.3. The van der Waals surface area contributed by atoms with Crippen molar-refractivity contribution in [3.8, 4) is 0 Å². The molecule has 0 aliphatic carbocycles. The van der Waals surface area contributed by atoms with E-state index in [2.05, 4.69) is 50.9 Å². The third-order valence-electron chi connectivity index (χ3n) is 5.03. The van der Waals surface area contributed by atoms with E-state index in [1.54, 1.807) is 0 Å². The summed E-state index contributed by atoms with van der Waals surface area (Å²) in [6.07, 6.45) is -1.07. The van der Waals surface area contributed by atoms with E-state index in [1.165, 1.54) is 15.0 Å². The molecule has 1 aliphatic heterocycles. The molecule has 3 heterocycles. The highest BCUT2D eigenvalue weighted by Gasteiger charge is 2.38. The second-order valence-corrected chi connectivity index (χ2v) is 8.64. The normalized spacial score (nSPS) is 15.1. The van der Waals surface area contributed by atoms with Crippen molar-refractivity contribution in [1.82, 2.24) is 25.2 Å². The Morgan fingerprint density at radius 2 is 1.91 bits per heavy atom. The number of halogens is 3. The minimum Gasteiger partial charge on any atom is -0.475 e. The zero-order chi connectivity index (χ0) is 24.0. The summed E-state index contributed by atoms with van der Waals surface area (Å²) < 4.78 is 35.0. The Morgan fingerprint density at radius 3 is 2.52 bits per heavy atom. The van der Waals surface area contributed by atoms with Gasteiger partial charge in [-0.25, -0.2) is 14.3 Å². The average Bonchev–Trinajstić information content (AvgIpc) is 3.39. The molecule has 4 rings (SSSR count). The summed E-state index contributed by atoms with van der Waals surface area (Å²) >= 11 is 1.89. The van der Waals surface area contributed by atoms with Crippen LogP contribution in [0.3, 0.4) is 0 Å². The predicted octanol–water partition coefficient (Wildman–Crippen LogP) is 3.13. The number of benzene rings is 1. The van der Waals surface area contributed by atoms with Gasteiger partial charge in [0, 0.05) is 29.2 Å². The van der Waals surface area contributed by atoms with Gasteiger partial charge < -0.3 is 16.2 Å². The fourth-order valence-electron chi connectivity index (χ4n) is 3.43. The molecule has 13 heteroatoms. The Balaban J connectivity index is 0.000000383. The highest BCUT2D eigenvalue weighted by atomic mass is 32.1. The average molecular weight is 485 g/mol. The number of aromatic nitrogens is 3. The molecule has 0 radical (unpaired) electrons. The molecule has 0 bridgehead atoms. The number of nitrogens with one attached hydrogen (secondary N) is 1. The SMILES string of the molecule is NC(=O)NCc1cn(C2CCN(Cc3cc4ccccc4s3)CC2)nn1.O=C(O)C(F)(F)F. The van der Waals surface area contributed by atoms with E-state index >= 15 is 0 Å². The topological polar surface area (TPSA) is 126 Å². The largest absolute Gasteiger partial charge is 0.490 e. The third-order valence-corrected chi connectivity index (χ3v) is 6.13. The van der Waals surface area contributed by atoms with Crippen molar-refractivity contribution in [1.29, 1.82) is 0 Å². The third kappa shape index (κ3) is 7.15. The smallest absolute Gasteiger partial charge is 0.475 e. The lowest BCUT2D eigenvalue weighted by Gasteiger charge is -2.31. The maximum absolute atomic E-state index is 10.8. The van der Waals surface area contributed by atoms with Gasteiger partial charge in [0.2, 0.25) is 0 Å². The molecule has 1 fully saturated rings. The van der Waals surface area contributed by atoms with Gasteiger partial charge in [0.25, 0.3) is 0 Å². The number of carbonyl (C=O) groups is 2. The molecule has 178 valence electrons. The van der Waals surface area contributed by atoms with Crippen molar-refractivity contribution in [2.24, 2.45) is 5.73 Å². The first-order valence-electron chi connectivity index (χ1n) is 10.1. The quantitative estimate of drug-likeness (QED) is 0.511. The molecule has 1 saturated heterocycles. The van der Waals surface area contributed by atoms with Crippen molar-refractivity contribution in [2.45, 2.75) is 38.1 Å². The first kappa shape index (κ1) is 24.5. The molecule has 33 heavy (non-hydrogen) atoms. The van der Waals surface area contributed by atoms with Crippen LogP contribution < -0.4 is 11.1 Å². The molecule has 1 aromatic carbocycles. The number of hydrogen-bond donors (Lipinski definition) is 3. The monoisotopic (exact) mass is 484 g/mol. The predicted molar refractivity (Wildman–Crippen MR) is 116 cm³/mol. The number of fused-ring (bicyclic) bond motifs is 1. The van der Waals surface area contributed by atoms with Crippen LogP contribution in [0.15, 0.2) is 36.5 Å². The maximum Gasteiger partial charge on any atom is 0.490 e. The minimum atomic E-state index is -5.08. The van der Waals surface area contributed by atoms with Crippen LogP contribution in [0.1, 0.15) is 29.5 Å². The van der Waals surface area contributed by atoms with Crippen molar-refractivity contribution in [2.75, 3.05) is 13.1 Å². The van der Waals surface area contributed by atoms with Crippen LogP contribution in [0, 0.1) is 0 Å². The number of alkyl halides is 3. The lowest BCUT2D eigenvalue weighted by molar-refractivity contribution is -0.192. The van der Waals surface area contributed by atoms with Crippen LogP contribution in [-0.4, -0.2) is 56.3 Å². The maximum atomic E-state index is 10.8. The number of carboxylic acids is 1. The molecule has 0 spiro atoms. The molecule has 2 aromatic heterocycles. The Bertz CT molecular complexity index is 1060. The number of urea groups is 1. The molecule has 9 nitrogen and oxygen atoms in total. The molecule has 4 N–H and O–H groups in total. The van der Waals surface area contributed by atoms with Gasteiger partial charge in [0.1, 0.15) is 5.69 Å². The van der Waals surface area contributed by atoms with E-state index in [0.29, 0.717) is 12.6 Å². The van der Waals surface area contributed by atoms with E-state index < -0.39 is 18.2 Å². The molecule has 2 amide bonds. The van der Waals surface area contributed by atoms with Crippen molar-refractivity contribution in [3.05, 3.63) is 47.1 Å². The van der Waals surface area contributed by atoms with E-state index in [1.807, 2.05) is 22.2 Å². The van der Waals surface area contributed by atoms with Gasteiger partial charge in [0.05, 0.1) is 18.8 Å². The first-order valence-corrected chi connectivity index (χ1v) is 10.9. The summed E-state index contributed by atoms with van der Waals surface area (Å²) in [6, 6.07) is 10.7. The van der Waals surface area contributed by atoms with E-state index in [4.69, 9.17) is 15.6 Å². The lowest BCUT2D eigenvalue weighted by Crippen LogP contribution is -2.34. The van der Waals surface area contributed by atoms with Crippen molar-refractivity contribution >= 4 is 33.4 Å². The van der Waals surface area contributed by atoms with Crippen molar-refractivity contribution < 1.29 is 27.9 Å². The highest BCUT2D eigenvalue weighted by molar-refractivity contribution is 7.19. The highest BCUT2D eigenvalue weighted by Crippen LogP contribution is 2.28. The fraction of sp³-hybridized carbons (Fsp3) is 0.400. The number of primary amides is 1. The number of hydrogen-bond acceptors (Lipinski definition) is 6. The number of carbonyl (C=O) groups excluding carboxylic acids is 1. The van der Waals surface area contributed by atoms with Gasteiger partial charge in [-0.15, -0.1) is 16.4 Å². The molecule has 0 saturated carbocycles. The number of nitrogens with two attached hydrogens (primary N) is 1. The number of likely N-dealkylation sites (tertiary alicyclic amines) is 1. The fourth-order valence-corrected chi connectivity index (χ4v) is 4.53. The Morgan fingerprint density at radius 1 is 1.24 bits per heavy atom. The molecular weight excluding hydrogens is 461 g/mol. The number of carboxylic acid groups (broad SMARTS) is 1. The zero-order valence-electron chi connectivity index (χ0n) is 17.5. The summed E-state index contributed by atoms with van der Waals surface area (Å²) in [5.41, 5.74) is 5.82. The standard InChI is InChI=1S/C18H22N6OS.C2HF3O2/c19-18(25)20-10-14-11-24(22-21-14)15-5-7-23(8-6-15)12-16-9-13-3-1-2-4-17(13)26-16;3-2(4,5)1(6)7/h1-4,9,11,15H,5-8,10,12H2,(H3,19,20,25);(H,6,7). The van der Waals surface area contributed by atoms with Crippen LogP contribution in [0.25, 0.3) is 10.1 Å². The van der Waals surface area contributed by atoms with E-state index in [-0.39, 0.29) is 0 Å². The number of thiophene rings is 1. The van der Waals surface area contributed by atoms with Gasteiger partial charge in [-0.05, 0) is 30.4 Å². The molecule has 0 unspecified atom stereocenters. The first-order chi connectivity index (χ1) is 15.6. The molecule has 1 aliphatic rings. The van der Waals surface area contributed by atoms with Gasteiger partial charge in [0.15, 0.2) is 0 Å². The van der Waals surface area contributed by atoms with E-state index in [0.717, 1.165) is 38.2 Å². The van der Waals surface area contributed by atoms with Gasteiger partial charge >= 0.3 is 18.2 Å². The van der Waals surface area contributed by atoms with Crippen LogP contribution in [-0.2, 0) is 17.9 Å². The van der Waals surface area contributed by atoms with Gasteiger partial charge in [-0.1, -0.05) is 23.4 Å². The number of aliphatic carboxylic acids is 1. The van der Waals surface area contributed by atoms with Crippen LogP contribution >= 0.6 is 11.3 Å². The molecule has 3 aromatic rings. The summed E-state index contributed by atoms with van der Waals surface area (Å²) in [6.45, 7) is 3.43. The van der Waals surface area contributed by atoms with Gasteiger partial charge in [-0.3, -0.25) is 4.90 Å².